The molecule has 2 aromatic rings. The quantitative estimate of drug-likeness (QED) is 0.666. The first-order valence-electron chi connectivity index (χ1n) is 6.01. The second-order valence-electron chi connectivity index (χ2n) is 4.30. The Hall–Kier alpha value is -1.85. The van der Waals surface area contributed by atoms with Crippen LogP contribution in [0.2, 0.25) is 0 Å². The van der Waals surface area contributed by atoms with E-state index < -0.39 is 0 Å². The number of nitrogen functional groups attached to an aromatic ring is 1. The summed E-state index contributed by atoms with van der Waals surface area (Å²) in [6, 6.07) is 11.3. The molecule has 0 bridgehead atoms. The Kier molecular flexibility index (Phi) is 4.19. The van der Waals surface area contributed by atoms with Crippen molar-refractivity contribution in [1.82, 2.24) is 4.90 Å². The minimum atomic E-state index is -0.0468. The highest BCUT2D eigenvalue weighted by Crippen LogP contribution is 2.26. The Morgan fingerprint density at radius 3 is 2.68 bits per heavy atom. The van der Waals surface area contributed by atoms with Crippen LogP contribution in [0.5, 0.6) is 0 Å². The predicted molar refractivity (Wildman–Crippen MR) is 79.1 cm³/mol. The number of amides is 1. The zero-order chi connectivity index (χ0) is 13.8. The molecule has 0 radical (unpaired) electrons. The summed E-state index contributed by atoms with van der Waals surface area (Å²) in [6.45, 7) is 2.02. The van der Waals surface area contributed by atoms with Gasteiger partial charge < -0.3 is 10.3 Å². The average molecular weight is 275 g/mol. The molecule has 1 aromatic carbocycles. The van der Waals surface area contributed by atoms with Gasteiger partial charge >= 0.3 is 0 Å². The van der Waals surface area contributed by atoms with Gasteiger partial charge in [-0.25, -0.2) is 0 Å². The first-order valence-corrected chi connectivity index (χ1v) is 6.89. The van der Waals surface area contributed by atoms with Crippen LogP contribution in [-0.2, 0) is 0 Å². The standard InChI is InChI=1S/C14H17N3OS/c1-10(13-8-5-9-19-13)17(2)14(18)11-6-3-4-7-12(11)16-15/h3-10,16H,15H2,1-2H3. The summed E-state index contributed by atoms with van der Waals surface area (Å²) in [4.78, 5) is 15.4. The number of nitrogens with zero attached hydrogens (tertiary/aromatic N) is 1. The summed E-state index contributed by atoms with van der Waals surface area (Å²) in [5.41, 5.74) is 3.78. The highest BCUT2D eigenvalue weighted by Gasteiger charge is 2.21. The predicted octanol–water partition coefficient (Wildman–Crippen LogP) is 2.87. The van der Waals surface area contributed by atoms with E-state index >= 15 is 0 Å². The van der Waals surface area contributed by atoms with Crippen LogP contribution in [0.1, 0.15) is 28.2 Å². The Balaban J connectivity index is 2.24. The number of carbonyl (C=O) groups excluding carboxylic acids is 1. The minimum Gasteiger partial charge on any atom is -0.334 e. The number of anilines is 1. The molecule has 0 aliphatic rings. The van der Waals surface area contributed by atoms with Crippen LogP contribution >= 0.6 is 11.3 Å². The van der Waals surface area contributed by atoms with Gasteiger partial charge in [0.2, 0.25) is 0 Å². The Morgan fingerprint density at radius 1 is 1.32 bits per heavy atom. The molecule has 1 aromatic heterocycles. The molecule has 19 heavy (non-hydrogen) atoms. The van der Waals surface area contributed by atoms with Crippen molar-refractivity contribution in [2.75, 3.05) is 12.5 Å². The summed E-state index contributed by atoms with van der Waals surface area (Å²) >= 11 is 1.65. The number of rotatable bonds is 4. The normalized spacial score (nSPS) is 11.9. The van der Waals surface area contributed by atoms with Gasteiger partial charge in [0.05, 0.1) is 17.3 Å². The third-order valence-corrected chi connectivity index (χ3v) is 4.21. The molecule has 2 rings (SSSR count). The summed E-state index contributed by atoms with van der Waals surface area (Å²) in [5, 5.41) is 2.01. The molecule has 0 fully saturated rings. The largest absolute Gasteiger partial charge is 0.334 e. The minimum absolute atomic E-state index is 0.0401. The van der Waals surface area contributed by atoms with E-state index in [9.17, 15) is 4.79 Å². The second-order valence-corrected chi connectivity index (χ2v) is 5.28. The summed E-state index contributed by atoms with van der Waals surface area (Å²) in [5.74, 6) is 5.39. The second kappa shape index (κ2) is 5.86. The lowest BCUT2D eigenvalue weighted by atomic mass is 10.1. The maximum Gasteiger partial charge on any atom is 0.256 e. The number of carbonyl (C=O) groups is 1. The van der Waals surface area contributed by atoms with Gasteiger partial charge in [-0.2, -0.15) is 0 Å². The van der Waals surface area contributed by atoms with Crippen molar-refractivity contribution in [1.29, 1.82) is 0 Å². The van der Waals surface area contributed by atoms with Gasteiger partial charge in [0, 0.05) is 11.9 Å². The summed E-state index contributed by atoms with van der Waals surface area (Å²) in [6.07, 6.45) is 0. The van der Waals surface area contributed by atoms with Crippen LogP contribution in [0, 0.1) is 0 Å². The lowest BCUT2D eigenvalue weighted by Crippen LogP contribution is -2.30. The van der Waals surface area contributed by atoms with E-state index in [1.165, 1.54) is 0 Å². The molecule has 4 nitrogen and oxygen atoms in total. The maximum absolute atomic E-state index is 12.5. The maximum atomic E-state index is 12.5. The van der Waals surface area contributed by atoms with E-state index in [1.807, 2.05) is 36.6 Å². The number of thiophene rings is 1. The third-order valence-electron chi connectivity index (χ3n) is 3.17. The van der Waals surface area contributed by atoms with E-state index in [4.69, 9.17) is 5.84 Å². The van der Waals surface area contributed by atoms with Crippen LogP contribution in [0.15, 0.2) is 41.8 Å². The van der Waals surface area contributed by atoms with Gasteiger partial charge in [-0.05, 0) is 30.5 Å². The fourth-order valence-electron chi connectivity index (χ4n) is 1.88. The highest BCUT2D eigenvalue weighted by molar-refractivity contribution is 7.10. The Morgan fingerprint density at radius 2 is 2.05 bits per heavy atom. The number of hydrogen-bond acceptors (Lipinski definition) is 4. The monoisotopic (exact) mass is 275 g/mol. The van der Waals surface area contributed by atoms with Crippen molar-refractivity contribution in [3.05, 3.63) is 52.2 Å². The van der Waals surface area contributed by atoms with E-state index in [0.717, 1.165) is 4.88 Å². The van der Waals surface area contributed by atoms with Crippen molar-refractivity contribution in [2.45, 2.75) is 13.0 Å². The van der Waals surface area contributed by atoms with Crippen molar-refractivity contribution in [2.24, 2.45) is 5.84 Å². The van der Waals surface area contributed by atoms with Crippen LogP contribution < -0.4 is 11.3 Å². The Bertz CT molecular complexity index is 554. The first-order chi connectivity index (χ1) is 9.15. The van der Waals surface area contributed by atoms with E-state index in [1.54, 1.807) is 35.4 Å². The van der Waals surface area contributed by atoms with Gasteiger partial charge in [0.25, 0.3) is 5.91 Å². The molecule has 1 amide bonds. The zero-order valence-electron chi connectivity index (χ0n) is 11.0. The SMILES string of the molecule is CC(c1cccs1)N(C)C(=O)c1ccccc1NN. The third kappa shape index (κ3) is 2.77. The van der Waals surface area contributed by atoms with Crippen molar-refractivity contribution in [3.63, 3.8) is 0 Å². The van der Waals surface area contributed by atoms with Crippen LogP contribution in [0.4, 0.5) is 5.69 Å². The number of nitrogens with one attached hydrogen (secondary N) is 1. The van der Waals surface area contributed by atoms with Gasteiger partial charge in [-0.1, -0.05) is 18.2 Å². The molecule has 3 N–H and O–H groups in total. The molecule has 0 saturated heterocycles. The highest BCUT2D eigenvalue weighted by atomic mass is 32.1. The van der Waals surface area contributed by atoms with Crippen LogP contribution in [0.3, 0.4) is 0 Å². The average Bonchev–Trinajstić information content (AvgIpc) is 2.99. The summed E-state index contributed by atoms with van der Waals surface area (Å²) < 4.78 is 0. The molecule has 0 aliphatic heterocycles. The van der Waals surface area contributed by atoms with E-state index in [2.05, 4.69) is 5.43 Å². The number of benzene rings is 1. The van der Waals surface area contributed by atoms with Gasteiger partial charge in [-0.15, -0.1) is 11.3 Å². The molecule has 100 valence electrons. The number of hydrazine groups is 1. The van der Waals surface area contributed by atoms with Crippen molar-refractivity contribution >= 4 is 22.9 Å². The molecule has 0 aliphatic carbocycles. The zero-order valence-corrected chi connectivity index (χ0v) is 11.8. The molecule has 1 atom stereocenters. The van der Waals surface area contributed by atoms with Crippen molar-refractivity contribution in [3.8, 4) is 0 Å². The number of hydrogen-bond donors (Lipinski definition) is 2. The molecule has 0 spiro atoms. The molecule has 0 saturated carbocycles. The number of para-hydroxylation sites is 1. The Labute approximate surface area is 116 Å². The van der Waals surface area contributed by atoms with E-state index in [0.29, 0.717) is 11.3 Å². The lowest BCUT2D eigenvalue weighted by molar-refractivity contribution is 0.0746. The fourth-order valence-corrected chi connectivity index (χ4v) is 2.71. The van der Waals surface area contributed by atoms with Gasteiger partial charge in [-0.3, -0.25) is 10.6 Å². The lowest BCUT2D eigenvalue weighted by Gasteiger charge is -2.25. The fraction of sp³-hybridized carbons (Fsp3) is 0.214. The molecule has 1 heterocycles. The van der Waals surface area contributed by atoms with Gasteiger partial charge in [0.1, 0.15) is 0 Å². The number of nitrogens with two attached hydrogens (primary N) is 1. The topological polar surface area (TPSA) is 58.4 Å². The summed E-state index contributed by atoms with van der Waals surface area (Å²) in [7, 11) is 1.81. The van der Waals surface area contributed by atoms with Crippen molar-refractivity contribution < 1.29 is 4.79 Å². The van der Waals surface area contributed by atoms with Gasteiger partial charge in [0.15, 0.2) is 0 Å². The van der Waals surface area contributed by atoms with Crippen LogP contribution in [-0.4, -0.2) is 17.9 Å². The smallest absolute Gasteiger partial charge is 0.256 e. The van der Waals surface area contributed by atoms with E-state index in [-0.39, 0.29) is 11.9 Å². The van der Waals surface area contributed by atoms with Crippen LogP contribution in [0.25, 0.3) is 0 Å². The molecular formula is C14H17N3OS. The molecular weight excluding hydrogens is 258 g/mol. The first kappa shape index (κ1) is 13.6. The molecule has 5 heteroatoms. The molecule has 1 unspecified atom stereocenters.